The van der Waals surface area contributed by atoms with Gasteiger partial charge >= 0.3 is 5.97 Å². The number of aryl methyl sites for hydroxylation is 1. The molecule has 254 valence electrons. The highest BCUT2D eigenvalue weighted by atomic mass is 16.4. The summed E-state index contributed by atoms with van der Waals surface area (Å²) in [7, 11) is 0. The minimum Gasteiger partial charge on any atom is -0.481 e. The molecule has 0 saturated heterocycles. The molecule has 0 spiro atoms. The number of aromatic amines is 2. The van der Waals surface area contributed by atoms with E-state index in [-0.39, 0.29) is 6.42 Å². The molecule has 9 rings (SSSR count). The number of nitrogens with one attached hydrogen (secondary N) is 2. The maximum atomic E-state index is 11.3. The van der Waals surface area contributed by atoms with E-state index < -0.39 is 5.97 Å². The van der Waals surface area contributed by atoms with Gasteiger partial charge in [-0.15, -0.1) is 0 Å². The Morgan fingerprint density at radius 1 is 0.528 bits per heavy atom. The third-order valence-electron chi connectivity index (χ3n) is 9.42. The van der Waals surface area contributed by atoms with Crippen molar-refractivity contribution >= 4 is 52.3 Å². The van der Waals surface area contributed by atoms with E-state index in [1.165, 1.54) is 0 Å². The van der Waals surface area contributed by atoms with Crippen molar-refractivity contribution in [3.63, 3.8) is 0 Å². The smallest absolute Gasteiger partial charge is 0.303 e. The van der Waals surface area contributed by atoms with Gasteiger partial charge in [-0.05, 0) is 114 Å². The summed E-state index contributed by atoms with van der Waals surface area (Å²) in [5.74, 6) is -0.826. The predicted octanol–water partition coefficient (Wildman–Crippen LogP) is 8.14. The van der Waals surface area contributed by atoms with Crippen molar-refractivity contribution in [1.29, 1.82) is 0 Å². The van der Waals surface area contributed by atoms with E-state index in [1.807, 2.05) is 89.8 Å². The highest BCUT2D eigenvalue weighted by Crippen LogP contribution is 2.36. The summed E-state index contributed by atoms with van der Waals surface area (Å²) in [6.45, 7) is 0. The molecule has 0 radical (unpaired) electrons. The topological polar surface area (TPSA) is 137 Å². The van der Waals surface area contributed by atoms with E-state index >= 15 is 0 Å². The van der Waals surface area contributed by atoms with Gasteiger partial charge in [0.15, 0.2) is 12.4 Å². The van der Waals surface area contributed by atoms with Gasteiger partial charge in [-0.25, -0.2) is 9.97 Å². The molecule has 2 aliphatic rings. The van der Waals surface area contributed by atoms with E-state index in [9.17, 15) is 9.90 Å². The number of carbonyl (C=O) groups is 1. The summed E-state index contributed by atoms with van der Waals surface area (Å²) in [4.78, 5) is 42.2. The lowest BCUT2D eigenvalue weighted by molar-refractivity contribution is -0.596. The van der Waals surface area contributed by atoms with Gasteiger partial charge in [0.2, 0.25) is 0 Å². The van der Waals surface area contributed by atoms with Gasteiger partial charge in [-0.1, -0.05) is 0 Å². The normalized spacial score (nSPS) is 11.9. The highest BCUT2D eigenvalue weighted by molar-refractivity contribution is 5.99. The third-order valence-corrected chi connectivity index (χ3v) is 9.42. The maximum absolute atomic E-state index is 11.3. The summed E-state index contributed by atoms with van der Waals surface area (Å²) < 4.78 is 2.00. The monoisotopic (exact) mass is 691 g/mol. The van der Waals surface area contributed by atoms with Crippen molar-refractivity contribution in [3.05, 3.63) is 151 Å². The second kappa shape index (κ2) is 13.4. The Hall–Kier alpha value is -7.33. The number of nitrogens with zero attached hydrogens (tertiary/aromatic N) is 6. The Morgan fingerprint density at radius 2 is 0.925 bits per heavy atom. The molecule has 10 heteroatoms. The lowest BCUT2D eigenvalue weighted by atomic mass is 10.1. The van der Waals surface area contributed by atoms with Crippen molar-refractivity contribution in [2.75, 3.05) is 0 Å². The van der Waals surface area contributed by atoms with Gasteiger partial charge in [0.25, 0.3) is 5.69 Å². The van der Waals surface area contributed by atoms with Crippen molar-refractivity contribution in [1.82, 2.24) is 34.9 Å². The van der Waals surface area contributed by atoms with Crippen LogP contribution in [0.1, 0.15) is 34.8 Å². The number of rotatable bonds is 7. The summed E-state index contributed by atoms with van der Waals surface area (Å²) in [6, 6.07) is 24.3. The standard InChI is InChI=1S/C43H30N8O2/c52-39(53)10-1-27-17-25-51(26-18-27)43-37-8-6-35(49-37)41(29-13-21-45-22-14-29)33-4-2-31(47-33)40(28-11-19-44-20-12-28)32-3-5-34(48-32)42(30-15-23-46-24-16-30)36-7-9-38(43)50-36/h2-9,11-26H,1,10H2,(H2-,44,45,46,47,48,49,50,52,53)/p+1. The summed E-state index contributed by atoms with van der Waals surface area (Å²) in [5.41, 5.74) is 14.2. The van der Waals surface area contributed by atoms with Crippen LogP contribution in [-0.4, -0.2) is 46.0 Å². The molecule has 2 aliphatic heterocycles. The zero-order chi connectivity index (χ0) is 35.7. The fourth-order valence-corrected chi connectivity index (χ4v) is 6.95. The molecular formula is C43H31N8O2+. The van der Waals surface area contributed by atoms with E-state index in [4.69, 9.17) is 9.97 Å². The Kier molecular flexibility index (Phi) is 8.01. The Balaban J connectivity index is 1.41. The number of aliphatic carboxylic acids is 1. The van der Waals surface area contributed by atoms with Gasteiger partial charge in [-0.3, -0.25) is 19.7 Å². The van der Waals surface area contributed by atoms with Crippen LogP contribution in [0.5, 0.6) is 0 Å². The molecule has 53 heavy (non-hydrogen) atoms. The van der Waals surface area contributed by atoms with Crippen LogP contribution in [0.3, 0.4) is 0 Å². The van der Waals surface area contributed by atoms with E-state index in [0.717, 1.165) is 89.5 Å². The molecule has 0 aromatic carbocycles. The van der Waals surface area contributed by atoms with Gasteiger partial charge in [-0.2, -0.15) is 4.57 Å². The number of pyridine rings is 4. The molecular weight excluding hydrogens is 661 g/mol. The first-order valence-electron chi connectivity index (χ1n) is 17.2. The van der Waals surface area contributed by atoms with Crippen LogP contribution >= 0.6 is 0 Å². The van der Waals surface area contributed by atoms with Crippen LogP contribution in [0.15, 0.2) is 122 Å². The zero-order valence-corrected chi connectivity index (χ0v) is 28.3. The summed E-state index contributed by atoms with van der Waals surface area (Å²) in [6.07, 6.45) is 23.3. The number of carboxylic acids is 1. The second-order valence-corrected chi connectivity index (χ2v) is 12.7. The lowest BCUT2D eigenvalue weighted by Crippen LogP contribution is -2.31. The first-order chi connectivity index (χ1) is 26.1. The minimum atomic E-state index is -0.826. The minimum absolute atomic E-state index is 0.0616. The predicted molar refractivity (Wildman–Crippen MR) is 206 cm³/mol. The number of carboxylic acid groups (broad SMARTS) is 1. The molecule has 0 atom stereocenters. The van der Waals surface area contributed by atoms with Crippen LogP contribution in [0.2, 0.25) is 0 Å². The van der Waals surface area contributed by atoms with Gasteiger partial charge in [0, 0.05) is 94.5 Å². The van der Waals surface area contributed by atoms with E-state index in [2.05, 4.69) is 49.2 Å². The number of aromatic nitrogens is 8. The molecule has 0 amide bonds. The molecule has 0 fully saturated rings. The number of H-pyrrole nitrogens is 2. The van der Waals surface area contributed by atoms with Gasteiger partial charge in [0.1, 0.15) is 11.4 Å². The Bertz CT molecular complexity index is 2600. The second-order valence-electron chi connectivity index (χ2n) is 12.7. The fraction of sp³-hybridized carbons (Fsp3) is 0.0465. The molecule has 0 saturated carbocycles. The molecule has 8 bridgehead atoms. The zero-order valence-electron chi connectivity index (χ0n) is 28.3. The quantitative estimate of drug-likeness (QED) is 0.144. The average molecular weight is 692 g/mol. The molecule has 0 unspecified atom stereocenters. The third kappa shape index (κ3) is 6.08. The Labute approximate surface area is 303 Å². The van der Waals surface area contributed by atoms with E-state index in [0.29, 0.717) is 6.42 Å². The number of hydrogen-bond donors (Lipinski definition) is 3. The average Bonchev–Trinajstić information content (AvgIpc) is 4.04. The summed E-state index contributed by atoms with van der Waals surface area (Å²) in [5, 5.41) is 9.25. The fourth-order valence-electron chi connectivity index (χ4n) is 6.95. The van der Waals surface area contributed by atoms with Gasteiger partial charge in [0.05, 0.1) is 11.4 Å². The van der Waals surface area contributed by atoms with Crippen LogP contribution < -0.4 is 4.57 Å². The van der Waals surface area contributed by atoms with Crippen molar-refractivity contribution in [2.24, 2.45) is 0 Å². The van der Waals surface area contributed by atoms with Crippen LogP contribution in [0.25, 0.3) is 85.4 Å². The molecule has 3 N–H and O–H groups in total. The Morgan fingerprint density at radius 3 is 1.36 bits per heavy atom. The first kappa shape index (κ1) is 31.6. The SMILES string of the molecule is O=C(O)CCc1cc[n+](-c2c3nc(c(-c4ccncc4)c4ccc([nH]4)c(-c4ccncc4)c4ccc([nH]4)c(-c4ccncc4)c4nc2C=C4)C=C3)cc1. The van der Waals surface area contributed by atoms with Crippen LogP contribution in [0.4, 0.5) is 0 Å². The molecule has 10 nitrogen and oxygen atoms in total. The number of fused-ring (bicyclic) bond motifs is 8. The molecule has 9 heterocycles. The van der Waals surface area contributed by atoms with Gasteiger partial charge < -0.3 is 15.1 Å². The van der Waals surface area contributed by atoms with Crippen LogP contribution in [-0.2, 0) is 11.2 Å². The molecule has 0 aliphatic carbocycles. The number of hydrogen-bond acceptors (Lipinski definition) is 6. The van der Waals surface area contributed by atoms with E-state index in [1.54, 1.807) is 37.2 Å². The van der Waals surface area contributed by atoms with Crippen molar-refractivity contribution in [3.8, 4) is 39.1 Å². The van der Waals surface area contributed by atoms with Crippen molar-refractivity contribution in [2.45, 2.75) is 12.8 Å². The molecule has 7 aromatic heterocycles. The summed E-state index contributed by atoms with van der Waals surface area (Å²) >= 11 is 0. The van der Waals surface area contributed by atoms with Crippen molar-refractivity contribution < 1.29 is 14.5 Å². The molecule has 7 aromatic rings. The van der Waals surface area contributed by atoms with Crippen LogP contribution in [0, 0.1) is 0 Å². The lowest BCUT2D eigenvalue weighted by Gasteiger charge is -2.05. The maximum Gasteiger partial charge on any atom is 0.303 e. The largest absolute Gasteiger partial charge is 0.481 e. The highest BCUT2D eigenvalue weighted by Gasteiger charge is 2.23. The first-order valence-corrected chi connectivity index (χ1v) is 17.2.